The summed E-state index contributed by atoms with van der Waals surface area (Å²) in [5, 5.41) is 2.14. The number of fused-ring (bicyclic) bond motifs is 1. The van der Waals surface area contributed by atoms with Gasteiger partial charge in [0.05, 0.1) is 15.7 Å². The number of hydrogen-bond acceptors (Lipinski definition) is 5. The van der Waals surface area contributed by atoms with Crippen LogP contribution in [0.3, 0.4) is 0 Å². The average Bonchev–Trinajstić information content (AvgIpc) is 3.05. The molecule has 3 aromatic rings. The van der Waals surface area contributed by atoms with E-state index in [0.717, 1.165) is 0 Å². The summed E-state index contributed by atoms with van der Waals surface area (Å²) in [6, 6.07) is 11.4. The van der Waals surface area contributed by atoms with Crippen LogP contribution in [-0.4, -0.2) is 24.6 Å². The maximum absolute atomic E-state index is 12.7. The molecule has 1 aromatic heterocycles. The Bertz CT molecular complexity index is 1100. The second-order valence-corrected chi connectivity index (χ2v) is 9.41. The van der Waals surface area contributed by atoms with E-state index in [1.165, 1.54) is 12.1 Å². The van der Waals surface area contributed by atoms with E-state index in [2.05, 4.69) is 10.3 Å². The monoisotopic (exact) mass is 386 g/mol. The van der Waals surface area contributed by atoms with E-state index in [9.17, 15) is 13.2 Å². The molecule has 0 saturated heterocycles. The predicted molar refractivity (Wildman–Crippen MR) is 105 cm³/mol. The van der Waals surface area contributed by atoms with Crippen molar-refractivity contribution in [1.82, 2.24) is 4.98 Å². The summed E-state index contributed by atoms with van der Waals surface area (Å²) in [5.74, 6) is 0.298. The Hall–Kier alpha value is -2.67. The van der Waals surface area contributed by atoms with Crippen LogP contribution in [0, 0.1) is 0 Å². The first kappa shape index (κ1) is 19.1. The number of carbonyl (C=O) groups excluding carboxylic acids is 1. The van der Waals surface area contributed by atoms with Crippen LogP contribution in [0.15, 0.2) is 51.8 Å². The van der Waals surface area contributed by atoms with Gasteiger partial charge >= 0.3 is 0 Å². The summed E-state index contributed by atoms with van der Waals surface area (Å²) in [6.07, 6.45) is 0. The second-order valence-electron chi connectivity index (χ2n) is 6.93. The topological polar surface area (TPSA) is 89.3 Å². The van der Waals surface area contributed by atoms with Gasteiger partial charge in [-0.1, -0.05) is 26.0 Å². The van der Waals surface area contributed by atoms with E-state index in [1.807, 2.05) is 13.8 Å². The Labute approximate surface area is 158 Å². The number of carbonyl (C=O) groups is 1. The zero-order chi connectivity index (χ0) is 19.8. The van der Waals surface area contributed by atoms with Gasteiger partial charge in [-0.2, -0.15) is 0 Å². The van der Waals surface area contributed by atoms with Crippen LogP contribution in [0.4, 0.5) is 5.69 Å². The van der Waals surface area contributed by atoms with Crippen LogP contribution in [-0.2, 0) is 9.84 Å². The number of sulfone groups is 1. The highest BCUT2D eigenvalue weighted by molar-refractivity contribution is 7.92. The largest absolute Gasteiger partial charge is 0.440 e. The van der Waals surface area contributed by atoms with Crippen molar-refractivity contribution in [3.63, 3.8) is 0 Å². The lowest BCUT2D eigenvalue weighted by Gasteiger charge is -2.13. The SMILES string of the molecule is CC(C)c1nc2cc(NC(=O)c3ccccc3S(=O)(=O)C(C)C)ccc2o1. The molecule has 0 saturated carbocycles. The van der Waals surface area contributed by atoms with Gasteiger partial charge in [0.25, 0.3) is 5.91 Å². The quantitative estimate of drug-likeness (QED) is 0.702. The summed E-state index contributed by atoms with van der Waals surface area (Å²) < 4.78 is 30.8. The Morgan fingerprint density at radius 2 is 1.78 bits per heavy atom. The number of oxazole rings is 1. The molecule has 0 atom stereocenters. The number of rotatable bonds is 5. The minimum atomic E-state index is -3.57. The van der Waals surface area contributed by atoms with Crippen molar-refractivity contribution >= 4 is 32.5 Å². The molecular formula is C20H22N2O4S. The van der Waals surface area contributed by atoms with Gasteiger partial charge in [-0.05, 0) is 44.2 Å². The third-order valence-electron chi connectivity index (χ3n) is 4.21. The highest BCUT2D eigenvalue weighted by Crippen LogP contribution is 2.25. The minimum Gasteiger partial charge on any atom is -0.440 e. The zero-order valence-corrected chi connectivity index (χ0v) is 16.5. The second kappa shape index (κ2) is 7.15. The van der Waals surface area contributed by atoms with Crippen molar-refractivity contribution in [2.45, 2.75) is 43.8 Å². The van der Waals surface area contributed by atoms with Gasteiger partial charge in [0, 0.05) is 11.6 Å². The van der Waals surface area contributed by atoms with Gasteiger partial charge in [-0.25, -0.2) is 13.4 Å². The fourth-order valence-corrected chi connectivity index (χ4v) is 3.87. The lowest BCUT2D eigenvalue weighted by atomic mass is 10.2. The molecule has 0 spiro atoms. The molecule has 0 bridgehead atoms. The van der Waals surface area contributed by atoms with Crippen LogP contribution < -0.4 is 5.32 Å². The van der Waals surface area contributed by atoms with E-state index >= 15 is 0 Å². The third kappa shape index (κ3) is 3.73. The van der Waals surface area contributed by atoms with Gasteiger partial charge < -0.3 is 9.73 Å². The highest BCUT2D eigenvalue weighted by atomic mass is 32.2. The molecule has 1 heterocycles. The molecule has 0 unspecified atom stereocenters. The molecule has 0 aliphatic carbocycles. The third-order valence-corrected chi connectivity index (χ3v) is 6.42. The average molecular weight is 386 g/mol. The number of nitrogens with zero attached hydrogens (tertiary/aromatic N) is 1. The normalized spacial score (nSPS) is 12.1. The van der Waals surface area contributed by atoms with E-state index in [4.69, 9.17) is 4.42 Å². The molecular weight excluding hydrogens is 364 g/mol. The molecule has 0 radical (unpaired) electrons. The van der Waals surface area contributed by atoms with Crippen LogP contribution in [0.2, 0.25) is 0 Å². The van der Waals surface area contributed by atoms with E-state index < -0.39 is 21.0 Å². The van der Waals surface area contributed by atoms with Crippen molar-refractivity contribution in [2.75, 3.05) is 5.32 Å². The fourth-order valence-electron chi connectivity index (χ4n) is 2.62. The molecule has 27 heavy (non-hydrogen) atoms. The van der Waals surface area contributed by atoms with E-state index in [-0.39, 0.29) is 16.4 Å². The summed E-state index contributed by atoms with van der Waals surface area (Å²) in [7, 11) is -3.57. The number of amides is 1. The number of benzene rings is 2. The minimum absolute atomic E-state index is 0.0297. The lowest BCUT2D eigenvalue weighted by molar-refractivity contribution is 0.102. The summed E-state index contributed by atoms with van der Waals surface area (Å²) >= 11 is 0. The summed E-state index contributed by atoms with van der Waals surface area (Å²) in [4.78, 5) is 17.2. The Kier molecular flexibility index (Phi) is 5.06. The first-order chi connectivity index (χ1) is 12.7. The molecule has 0 fully saturated rings. The molecule has 6 nitrogen and oxygen atoms in total. The van der Waals surface area contributed by atoms with E-state index in [1.54, 1.807) is 44.2 Å². The lowest BCUT2D eigenvalue weighted by Crippen LogP contribution is -2.20. The van der Waals surface area contributed by atoms with Gasteiger partial charge in [0.15, 0.2) is 21.3 Å². The highest BCUT2D eigenvalue weighted by Gasteiger charge is 2.25. The zero-order valence-electron chi connectivity index (χ0n) is 15.7. The molecule has 0 aliphatic heterocycles. The van der Waals surface area contributed by atoms with E-state index in [0.29, 0.717) is 22.7 Å². The summed E-state index contributed by atoms with van der Waals surface area (Å²) in [5.41, 5.74) is 1.92. The molecule has 1 amide bonds. The number of nitrogens with one attached hydrogen (secondary N) is 1. The first-order valence-electron chi connectivity index (χ1n) is 8.75. The van der Waals surface area contributed by atoms with Crippen molar-refractivity contribution in [1.29, 1.82) is 0 Å². The Morgan fingerprint density at radius 3 is 2.44 bits per heavy atom. The summed E-state index contributed by atoms with van der Waals surface area (Å²) in [6.45, 7) is 7.16. The fraction of sp³-hybridized carbons (Fsp3) is 0.300. The molecule has 7 heteroatoms. The van der Waals surface area contributed by atoms with Gasteiger partial charge in [-0.15, -0.1) is 0 Å². The Balaban J connectivity index is 1.93. The molecule has 3 rings (SSSR count). The van der Waals surface area contributed by atoms with Crippen molar-refractivity contribution in [3.05, 3.63) is 53.9 Å². The van der Waals surface area contributed by atoms with Crippen LogP contribution in [0.1, 0.15) is 49.9 Å². The predicted octanol–water partition coefficient (Wildman–Crippen LogP) is 4.39. The van der Waals surface area contributed by atoms with Crippen molar-refractivity contribution in [2.24, 2.45) is 0 Å². The maximum atomic E-state index is 12.7. The molecule has 0 aliphatic rings. The standard InChI is InChI=1S/C20H22N2O4S/c1-12(2)20-22-16-11-14(9-10-17(16)26-20)21-19(23)15-7-5-6-8-18(15)27(24,25)13(3)4/h5-13H,1-4H3,(H,21,23). The van der Waals surface area contributed by atoms with Crippen LogP contribution >= 0.6 is 0 Å². The van der Waals surface area contributed by atoms with Crippen molar-refractivity contribution in [3.8, 4) is 0 Å². The van der Waals surface area contributed by atoms with Crippen LogP contribution in [0.5, 0.6) is 0 Å². The number of hydrogen-bond donors (Lipinski definition) is 1. The van der Waals surface area contributed by atoms with Gasteiger partial charge in [0.1, 0.15) is 5.52 Å². The number of aromatic nitrogens is 1. The maximum Gasteiger partial charge on any atom is 0.256 e. The van der Waals surface area contributed by atoms with Crippen molar-refractivity contribution < 1.29 is 17.6 Å². The first-order valence-corrected chi connectivity index (χ1v) is 10.3. The van der Waals surface area contributed by atoms with Gasteiger partial charge in [-0.3, -0.25) is 4.79 Å². The Morgan fingerprint density at radius 1 is 1.07 bits per heavy atom. The molecule has 2 aromatic carbocycles. The molecule has 142 valence electrons. The smallest absolute Gasteiger partial charge is 0.256 e. The van der Waals surface area contributed by atoms with Crippen LogP contribution in [0.25, 0.3) is 11.1 Å². The number of anilines is 1. The van der Waals surface area contributed by atoms with Gasteiger partial charge in [0.2, 0.25) is 0 Å². The molecule has 1 N–H and O–H groups in total.